The SMILES string of the molecule is CC1CCC(CNCc2ccc3c(c2)OCCO3)O1. The Morgan fingerprint density at radius 1 is 1.16 bits per heavy atom. The molecule has 2 aliphatic heterocycles. The van der Waals surface area contributed by atoms with Crippen molar-refractivity contribution in [2.75, 3.05) is 19.8 Å². The zero-order valence-electron chi connectivity index (χ0n) is 11.4. The lowest BCUT2D eigenvalue weighted by Gasteiger charge is -2.19. The summed E-state index contributed by atoms with van der Waals surface area (Å²) in [6, 6.07) is 6.12. The number of nitrogens with one attached hydrogen (secondary N) is 1. The lowest BCUT2D eigenvalue weighted by Crippen LogP contribution is -2.26. The van der Waals surface area contributed by atoms with Crippen LogP contribution in [0.15, 0.2) is 18.2 Å². The van der Waals surface area contributed by atoms with E-state index in [-0.39, 0.29) is 0 Å². The van der Waals surface area contributed by atoms with E-state index in [2.05, 4.69) is 24.4 Å². The van der Waals surface area contributed by atoms with Crippen LogP contribution in [-0.2, 0) is 11.3 Å². The van der Waals surface area contributed by atoms with Crippen molar-refractivity contribution in [2.45, 2.75) is 38.5 Å². The normalized spacial score (nSPS) is 25.5. The molecular formula is C15H21NO3. The molecule has 1 N–H and O–H groups in total. The van der Waals surface area contributed by atoms with Crippen molar-refractivity contribution in [1.82, 2.24) is 5.32 Å². The summed E-state index contributed by atoms with van der Waals surface area (Å²) < 4.78 is 16.9. The molecule has 4 heteroatoms. The molecule has 3 rings (SSSR count). The molecule has 19 heavy (non-hydrogen) atoms. The largest absolute Gasteiger partial charge is 0.486 e. The van der Waals surface area contributed by atoms with Crippen LogP contribution in [0.25, 0.3) is 0 Å². The molecule has 2 atom stereocenters. The number of ether oxygens (including phenoxy) is 3. The maximum Gasteiger partial charge on any atom is 0.161 e. The van der Waals surface area contributed by atoms with Gasteiger partial charge in [-0.1, -0.05) is 6.07 Å². The number of rotatable bonds is 4. The number of fused-ring (bicyclic) bond motifs is 1. The van der Waals surface area contributed by atoms with E-state index in [1.807, 2.05) is 6.07 Å². The molecule has 1 saturated heterocycles. The van der Waals surface area contributed by atoms with E-state index in [9.17, 15) is 0 Å². The van der Waals surface area contributed by atoms with Crippen LogP contribution in [0.1, 0.15) is 25.3 Å². The van der Waals surface area contributed by atoms with Crippen LogP contribution in [0, 0.1) is 0 Å². The maximum atomic E-state index is 5.78. The predicted molar refractivity (Wildman–Crippen MR) is 72.7 cm³/mol. The molecule has 0 aliphatic carbocycles. The summed E-state index contributed by atoms with van der Waals surface area (Å²) >= 11 is 0. The summed E-state index contributed by atoms with van der Waals surface area (Å²) in [4.78, 5) is 0. The molecule has 0 spiro atoms. The van der Waals surface area contributed by atoms with E-state index in [0.29, 0.717) is 25.4 Å². The minimum Gasteiger partial charge on any atom is -0.486 e. The van der Waals surface area contributed by atoms with E-state index < -0.39 is 0 Å². The first-order chi connectivity index (χ1) is 9.31. The Morgan fingerprint density at radius 3 is 2.79 bits per heavy atom. The lowest BCUT2D eigenvalue weighted by atomic mass is 10.1. The Balaban J connectivity index is 1.50. The Hall–Kier alpha value is -1.26. The Morgan fingerprint density at radius 2 is 2.00 bits per heavy atom. The number of hydrogen-bond donors (Lipinski definition) is 1. The molecule has 2 unspecified atom stereocenters. The minimum absolute atomic E-state index is 0.368. The van der Waals surface area contributed by atoms with Gasteiger partial charge in [0.15, 0.2) is 11.5 Å². The van der Waals surface area contributed by atoms with E-state index in [1.165, 1.54) is 12.0 Å². The van der Waals surface area contributed by atoms with Gasteiger partial charge in [0.2, 0.25) is 0 Å². The van der Waals surface area contributed by atoms with Crippen LogP contribution in [-0.4, -0.2) is 32.0 Å². The van der Waals surface area contributed by atoms with E-state index in [4.69, 9.17) is 14.2 Å². The summed E-state index contributed by atoms with van der Waals surface area (Å²) in [5.41, 5.74) is 1.22. The van der Waals surface area contributed by atoms with Gasteiger partial charge < -0.3 is 19.5 Å². The van der Waals surface area contributed by atoms with Crippen LogP contribution in [0.4, 0.5) is 0 Å². The molecule has 2 heterocycles. The third-order valence-corrected chi connectivity index (χ3v) is 3.63. The van der Waals surface area contributed by atoms with Gasteiger partial charge in [0.05, 0.1) is 12.2 Å². The van der Waals surface area contributed by atoms with Crippen LogP contribution < -0.4 is 14.8 Å². The molecule has 2 aliphatic rings. The van der Waals surface area contributed by atoms with Crippen molar-refractivity contribution in [1.29, 1.82) is 0 Å². The molecule has 1 aromatic carbocycles. The molecule has 0 bridgehead atoms. The van der Waals surface area contributed by atoms with Crippen molar-refractivity contribution >= 4 is 0 Å². The predicted octanol–water partition coefficient (Wildman–Crippen LogP) is 2.11. The Kier molecular flexibility index (Phi) is 3.89. The molecule has 0 radical (unpaired) electrons. The second-order valence-corrected chi connectivity index (χ2v) is 5.25. The summed E-state index contributed by atoms with van der Waals surface area (Å²) in [5.74, 6) is 1.71. The van der Waals surface area contributed by atoms with Crippen molar-refractivity contribution < 1.29 is 14.2 Å². The third kappa shape index (κ3) is 3.19. The fraction of sp³-hybridized carbons (Fsp3) is 0.600. The summed E-state index contributed by atoms with van der Waals surface area (Å²) in [6.45, 7) is 5.17. The Bertz CT molecular complexity index is 435. The molecule has 0 amide bonds. The zero-order chi connectivity index (χ0) is 13.1. The van der Waals surface area contributed by atoms with Gasteiger partial charge in [-0.25, -0.2) is 0 Å². The van der Waals surface area contributed by atoms with Gasteiger partial charge in [-0.3, -0.25) is 0 Å². The van der Waals surface area contributed by atoms with Crippen molar-refractivity contribution in [3.63, 3.8) is 0 Å². The maximum absolute atomic E-state index is 5.78. The third-order valence-electron chi connectivity index (χ3n) is 3.63. The molecular weight excluding hydrogens is 242 g/mol. The first kappa shape index (κ1) is 12.8. The first-order valence-electron chi connectivity index (χ1n) is 7.06. The summed E-state index contributed by atoms with van der Waals surface area (Å²) in [5, 5.41) is 3.45. The highest BCUT2D eigenvalue weighted by molar-refractivity contribution is 5.43. The Labute approximate surface area is 114 Å². The van der Waals surface area contributed by atoms with E-state index in [0.717, 1.165) is 31.0 Å². The fourth-order valence-corrected chi connectivity index (χ4v) is 2.61. The van der Waals surface area contributed by atoms with E-state index in [1.54, 1.807) is 0 Å². The van der Waals surface area contributed by atoms with Gasteiger partial charge in [-0.15, -0.1) is 0 Å². The van der Waals surface area contributed by atoms with Gasteiger partial charge >= 0.3 is 0 Å². The van der Waals surface area contributed by atoms with Gasteiger partial charge in [0.25, 0.3) is 0 Å². The van der Waals surface area contributed by atoms with Crippen molar-refractivity contribution in [2.24, 2.45) is 0 Å². The van der Waals surface area contributed by atoms with Crippen LogP contribution in [0.2, 0.25) is 0 Å². The standard InChI is InChI=1S/C15H21NO3/c1-11-2-4-13(19-11)10-16-9-12-3-5-14-15(8-12)18-7-6-17-14/h3,5,8,11,13,16H,2,4,6-7,9-10H2,1H3. The minimum atomic E-state index is 0.368. The summed E-state index contributed by atoms with van der Waals surface area (Å²) in [7, 11) is 0. The molecule has 0 aromatic heterocycles. The zero-order valence-corrected chi connectivity index (χ0v) is 11.4. The molecule has 1 aromatic rings. The average Bonchev–Trinajstić information content (AvgIpc) is 2.84. The average molecular weight is 263 g/mol. The highest BCUT2D eigenvalue weighted by Crippen LogP contribution is 2.30. The molecule has 0 saturated carbocycles. The lowest BCUT2D eigenvalue weighted by molar-refractivity contribution is 0.0559. The van der Waals surface area contributed by atoms with Gasteiger partial charge in [0.1, 0.15) is 13.2 Å². The van der Waals surface area contributed by atoms with Gasteiger partial charge in [0, 0.05) is 13.1 Å². The smallest absolute Gasteiger partial charge is 0.161 e. The van der Waals surface area contributed by atoms with Crippen LogP contribution in [0.3, 0.4) is 0 Å². The monoisotopic (exact) mass is 263 g/mol. The highest BCUT2D eigenvalue weighted by Gasteiger charge is 2.21. The number of hydrogen-bond acceptors (Lipinski definition) is 4. The second-order valence-electron chi connectivity index (χ2n) is 5.25. The van der Waals surface area contributed by atoms with Crippen LogP contribution in [0.5, 0.6) is 11.5 Å². The summed E-state index contributed by atoms with van der Waals surface area (Å²) in [6.07, 6.45) is 3.12. The first-order valence-corrected chi connectivity index (χ1v) is 7.06. The van der Waals surface area contributed by atoms with Crippen molar-refractivity contribution in [3.05, 3.63) is 23.8 Å². The molecule has 1 fully saturated rings. The molecule has 104 valence electrons. The topological polar surface area (TPSA) is 39.7 Å². The number of benzene rings is 1. The van der Waals surface area contributed by atoms with Crippen LogP contribution >= 0.6 is 0 Å². The fourth-order valence-electron chi connectivity index (χ4n) is 2.61. The second kappa shape index (κ2) is 5.80. The van der Waals surface area contributed by atoms with Gasteiger partial charge in [-0.2, -0.15) is 0 Å². The van der Waals surface area contributed by atoms with Crippen molar-refractivity contribution in [3.8, 4) is 11.5 Å². The highest BCUT2D eigenvalue weighted by atomic mass is 16.6. The van der Waals surface area contributed by atoms with Gasteiger partial charge in [-0.05, 0) is 37.5 Å². The molecule has 4 nitrogen and oxygen atoms in total. The van der Waals surface area contributed by atoms with E-state index >= 15 is 0 Å². The quantitative estimate of drug-likeness (QED) is 0.903.